The third-order valence-electron chi connectivity index (χ3n) is 3.97. The third-order valence-corrected chi connectivity index (χ3v) is 4.97. The number of furan rings is 1. The molecule has 0 radical (unpaired) electrons. The summed E-state index contributed by atoms with van der Waals surface area (Å²) in [5, 5.41) is 2.04. The summed E-state index contributed by atoms with van der Waals surface area (Å²) in [5.41, 5.74) is 2.35. The Labute approximate surface area is 151 Å². The summed E-state index contributed by atoms with van der Waals surface area (Å²) in [6.45, 7) is 5.07. The molecule has 2 aromatic heterocycles. The van der Waals surface area contributed by atoms with Gasteiger partial charge in [-0.25, -0.2) is 0 Å². The van der Waals surface area contributed by atoms with Crippen LogP contribution in [-0.4, -0.2) is 17.4 Å². The van der Waals surface area contributed by atoms with Crippen LogP contribution < -0.4 is 4.74 Å². The lowest BCUT2D eigenvalue weighted by atomic mass is 10.2. The Bertz CT molecular complexity index is 806. The Morgan fingerprint density at radius 3 is 2.56 bits per heavy atom. The molecule has 5 heteroatoms. The second-order valence-corrected chi connectivity index (χ2v) is 6.96. The van der Waals surface area contributed by atoms with Gasteiger partial charge in [-0.3, -0.25) is 4.79 Å². The molecule has 1 amide bonds. The maximum atomic E-state index is 12.7. The van der Waals surface area contributed by atoms with Crippen molar-refractivity contribution in [2.24, 2.45) is 0 Å². The van der Waals surface area contributed by atoms with Crippen molar-refractivity contribution < 1.29 is 13.9 Å². The lowest BCUT2D eigenvalue weighted by Crippen LogP contribution is -2.33. The zero-order valence-corrected chi connectivity index (χ0v) is 15.2. The quantitative estimate of drug-likeness (QED) is 0.624. The standard InChI is InChI=1S/C20H21NO3S/c1-15-5-7-17(8-6-15)24-14-20(22)21(12-18-4-3-10-23-18)13-19-16(2)9-11-25-19/h3-11H,12-14H2,1-2H3. The van der Waals surface area contributed by atoms with Gasteiger partial charge in [0.25, 0.3) is 5.91 Å². The number of ether oxygens (including phenoxy) is 1. The number of benzene rings is 1. The Kier molecular flexibility index (Phi) is 5.56. The van der Waals surface area contributed by atoms with Crippen molar-refractivity contribution in [3.8, 4) is 5.75 Å². The summed E-state index contributed by atoms with van der Waals surface area (Å²) in [4.78, 5) is 15.7. The Hall–Kier alpha value is -2.53. The van der Waals surface area contributed by atoms with Crippen molar-refractivity contribution in [2.75, 3.05) is 6.61 Å². The molecule has 0 fully saturated rings. The van der Waals surface area contributed by atoms with Crippen molar-refractivity contribution in [1.82, 2.24) is 4.90 Å². The van der Waals surface area contributed by atoms with Gasteiger partial charge in [0.05, 0.1) is 19.4 Å². The van der Waals surface area contributed by atoms with Crippen molar-refractivity contribution in [3.63, 3.8) is 0 Å². The highest BCUT2D eigenvalue weighted by molar-refractivity contribution is 7.10. The van der Waals surface area contributed by atoms with E-state index in [1.807, 2.05) is 48.7 Å². The summed E-state index contributed by atoms with van der Waals surface area (Å²) in [6.07, 6.45) is 1.62. The first-order valence-corrected chi connectivity index (χ1v) is 9.02. The number of hydrogen-bond donors (Lipinski definition) is 0. The molecule has 0 aliphatic heterocycles. The number of hydrogen-bond acceptors (Lipinski definition) is 4. The minimum absolute atomic E-state index is 0.00813. The molecule has 2 heterocycles. The highest BCUT2D eigenvalue weighted by atomic mass is 32.1. The van der Waals surface area contributed by atoms with E-state index in [2.05, 4.69) is 13.0 Å². The zero-order valence-electron chi connectivity index (χ0n) is 14.4. The van der Waals surface area contributed by atoms with E-state index in [9.17, 15) is 4.79 Å². The normalized spacial score (nSPS) is 10.6. The smallest absolute Gasteiger partial charge is 0.261 e. The molecule has 0 atom stereocenters. The SMILES string of the molecule is Cc1ccc(OCC(=O)N(Cc2ccco2)Cc2sccc2C)cc1. The molecule has 3 rings (SSSR count). The van der Waals surface area contributed by atoms with Gasteiger partial charge in [0.2, 0.25) is 0 Å². The van der Waals surface area contributed by atoms with E-state index >= 15 is 0 Å². The number of nitrogens with zero attached hydrogens (tertiary/aromatic N) is 1. The van der Waals surface area contributed by atoms with Crippen LogP contribution in [0.5, 0.6) is 5.75 Å². The van der Waals surface area contributed by atoms with Gasteiger partial charge in [0.15, 0.2) is 6.61 Å². The van der Waals surface area contributed by atoms with Gasteiger partial charge < -0.3 is 14.1 Å². The molecule has 1 aromatic carbocycles. The number of rotatable bonds is 7. The van der Waals surface area contributed by atoms with Crippen LogP contribution in [0.3, 0.4) is 0 Å². The second-order valence-electron chi connectivity index (χ2n) is 5.96. The molecule has 130 valence electrons. The summed E-state index contributed by atoms with van der Waals surface area (Å²) in [5.74, 6) is 1.40. The van der Waals surface area contributed by atoms with E-state index in [-0.39, 0.29) is 12.5 Å². The minimum atomic E-state index is -0.0650. The molecule has 4 nitrogen and oxygen atoms in total. The predicted octanol–water partition coefficient (Wildman–Crippen LogP) is 4.57. The first kappa shape index (κ1) is 17.3. The van der Waals surface area contributed by atoms with E-state index < -0.39 is 0 Å². The van der Waals surface area contributed by atoms with Crippen LogP contribution in [0.25, 0.3) is 0 Å². The largest absolute Gasteiger partial charge is 0.484 e. The van der Waals surface area contributed by atoms with Crippen molar-refractivity contribution in [2.45, 2.75) is 26.9 Å². The highest BCUT2D eigenvalue weighted by Crippen LogP contribution is 2.20. The Morgan fingerprint density at radius 2 is 1.92 bits per heavy atom. The first-order chi connectivity index (χ1) is 12.1. The van der Waals surface area contributed by atoms with Crippen LogP contribution >= 0.6 is 11.3 Å². The fourth-order valence-electron chi connectivity index (χ4n) is 2.43. The molecule has 0 spiro atoms. The highest BCUT2D eigenvalue weighted by Gasteiger charge is 2.18. The van der Waals surface area contributed by atoms with Crippen LogP contribution in [0.4, 0.5) is 0 Å². The second kappa shape index (κ2) is 8.03. The van der Waals surface area contributed by atoms with Gasteiger partial charge in [-0.15, -0.1) is 11.3 Å². The summed E-state index contributed by atoms with van der Waals surface area (Å²) in [6, 6.07) is 13.5. The van der Waals surface area contributed by atoms with E-state index in [1.165, 1.54) is 10.4 Å². The van der Waals surface area contributed by atoms with Gasteiger partial charge in [0.1, 0.15) is 11.5 Å². The number of amides is 1. The van der Waals surface area contributed by atoms with Gasteiger partial charge in [-0.2, -0.15) is 0 Å². The Morgan fingerprint density at radius 1 is 1.12 bits per heavy atom. The molecular formula is C20H21NO3S. The average molecular weight is 355 g/mol. The molecule has 0 saturated carbocycles. The first-order valence-electron chi connectivity index (χ1n) is 8.14. The van der Waals surface area contributed by atoms with Gasteiger partial charge in [0, 0.05) is 4.88 Å². The van der Waals surface area contributed by atoms with Crippen LogP contribution in [0.15, 0.2) is 58.5 Å². The van der Waals surface area contributed by atoms with Crippen LogP contribution in [0, 0.1) is 13.8 Å². The number of thiophene rings is 1. The van der Waals surface area contributed by atoms with Gasteiger partial charge in [-0.05, 0) is 55.1 Å². The summed E-state index contributed by atoms with van der Waals surface area (Å²) in [7, 11) is 0. The lowest BCUT2D eigenvalue weighted by molar-refractivity contribution is -0.134. The van der Waals surface area contributed by atoms with Gasteiger partial charge in [-0.1, -0.05) is 17.7 Å². The number of carbonyl (C=O) groups is 1. The number of carbonyl (C=O) groups excluding carboxylic acids is 1. The molecule has 0 saturated heterocycles. The molecule has 0 unspecified atom stereocenters. The molecule has 0 aliphatic rings. The van der Waals surface area contributed by atoms with E-state index in [1.54, 1.807) is 22.5 Å². The fourth-order valence-corrected chi connectivity index (χ4v) is 3.35. The topological polar surface area (TPSA) is 42.7 Å². The number of aryl methyl sites for hydroxylation is 2. The van der Waals surface area contributed by atoms with Crippen LogP contribution in [0.1, 0.15) is 21.8 Å². The predicted molar refractivity (Wildman–Crippen MR) is 98.7 cm³/mol. The molecule has 0 bridgehead atoms. The van der Waals surface area contributed by atoms with Crippen molar-refractivity contribution in [1.29, 1.82) is 0 Å². The fraction of sp³-hybridized carbons (Fsp3) is 0.250. The molecule has 25 heavy (non-hydrogen) atoms. The monoisotopic (exact) mass is 355 g/mol. The molecule has 3 aromatic rings. The molecular weight excluding hydrogens is 334 g/mol. The van der Waals surface area contributed by atoms with Gasteiger partial charge >= 0.3 is 0 Å². The maximum absolute atomic E-state index is 12.7. The van der Waals surface area contributed by atoms with Crippen LogP contribution in [0.2, 0.25) is 0 Å². The zero-order chi connectivity index (χ0) is 17.6. The van der Waals surface area contributed by atoms with Crippen molar-refractivity contribution >= 4 is 17.2 Å². The molecule has 0 N–H and O–H groups in total. The van der Waals surface area contributed by atoms with E-state index in [0.29, 0.717) is 18.8 Å². The van der Waals surface area contributed by atoms with Crippen molar-refractivity contribution in [3.05, 3.63) is 75.9 Å². The minimum Gasteiger partial charge on any atom is -0.484 e. The summed E-state index contributed by atoms with van der Waals surface area (Å²) < 4.78 is 11.1. The van der Waals surface area contributed by atoms with Crippen LogP contribution in [-0.2, 0) is 17.9 Å². The lowest BCUT2D eigenvalue weighted by Gasteiger charge is -2.21. The summed E-state index contributed by atoms with van der Waals surface area (Å²) >= 11 is 1.66. The Balaban J connectivity index is 1.67. The maximum Gasteiger partial charge on any atom is 0.261 e. The third kappa shape index (κ3) is 4.73. The average Bonchev–Trinajstić information content (AvgIpc) is 3.26. The van der Waals surface area contributed by atoms with E-state index in [0.717, 1.165) is 11.3 Å². The van der Waals surface area contributed by atoms with E-state index in [4.69, 9.17) is 9.15 Å². The molecule has 0 aliphatic carbocycles.